The summed E-state index contributed by atoms with van der Waals surface area (Å²) in [7, 11) is 0. The fourth-order valence-electron chi connectivity index (χ4n) is 3.08. The molecule has 0 radical (unpaired) electrons. The Morgan fingerprint density at radius 2 is 1.89 bits per heavy atom. The van der Waals surface area contributed by atoms with Crippen LogP contribution < -0.4 is 5.32 Å². The van der Waals surface area contributed by atoms with Crippen LogP contribution >= 0.6 is 11.6 Å². The predicted octanol–water partition coefficient (Wildman–Crippen LogP) is 4.78. The average Bonchev–Trinajstić information content (AvgIpc) is 2.92. The van der Waals surface area contributed by atoms with Gasteiger partial charge in [-0.15, -0.1) is 0 Å². The first kappa shape index (κ1) is 17.4. The van der Waals surface area contributed by atoms with E-state index in [0.29, 0.717) is 16.9 Å². The molecule has 0 saturated heterocycles. The molecule has 1 aliphatic rings. The van der Waals surface area contributed by atoms with Gasteiger partial charge in [0, 0.05) is 18.4 Å². The van der Waals surface area contributed by atoms with Gasteiger partial charge in [-0.1, -0.05) is 23.7 Å². The molecule has 7 heteroatoms. The van der Waals surface area contributed by atoms with Crippen molar-refractivity contribution in [3.05, 3.63) is 94.3 Å². The van der Waals surface area contributed by atoms with Crippen molar-refractivity contribution in [2.45, 2.75) is 12.7 Å². The number of aromatic nitrogens is 1. The van der Waals surface area contributed by atoms with Gasteiger partial charge < -0.3 is 10.2 Å². The average molecular weight is 386 g/mol. The number of carbonyl (C=O) groups is 1. The number of pyridine rings is 1. The molecule has 2 aromatic carbocycles. The van der Waals surface area contributed by atoms with Gasteiger partial charge >= 0.3 is 0 Å². The zero-order valence-corrected chi connectivity index (χ0v) is 14.8. The first-order valence-corrected chi connectivity index (χ1v) is 8.62. The maximum atomic E-state index is 13.4. The monoisotopic (exact) mass is 385 g/mol. The van der Waals surface area contributed by atoms with Gasteiger partial charge in [0.25, 0.3) is 5.91 Å². The first-order chi connectivity index (χ1) is 13.0. The highest BCUT2D eigenvalue weighted by atomic mass is 35.5. The van der Waals surface area contributed by atoms with Gasteiger partial charge in [-0.25, -0.2) is 8.78 Å². The lowest BCUT2D eigenvalue weighted by Gasteiger charge is -2.26. The van der Waals surface area contributed by atoms with E-state index in [1.54, 1.807) is 41.4 Å². The van der Waals surface area contributed by atoms with E-state index in [9.17, 15) is 13.6 Å². The van der Waals surface area contributed by atoms with Crippen LogP contribution in [0.2, 0.25) is 5.02 Å². The number of hydrogen-bond donors (Lipinski definition) is 1. The summed E-state index contributed by atoms with van der Waals surface area (Å²) >= 11 is 5.86. The number of carbonyl (C=O) groups excluding carboxylic acids is 1. The number of benzene rings is 2. The molecule has 2 heterocycles. The van der Waals surface area contributed by atoms with E-state index < -0.39 is 12.0 Å². The fourth-order valence-corrected chi connectivity index (χ4v) is 3.26. The lowest BCUT2D eigenvalue weighted by molar-refractivity contribution is 0.0727. The molecule has 0 fully saturated rings. The summed E-state index contributed by atoms with van der Waals surface area (Å²) in [4.78, 5) is 18.8. The molecule has 0 bridgehead atoms. The van der Waals surface area contributed by atoms with E-state index in [2.05, 4.69) is 10.3 Å². The Labute approximate surface area is 159 Å². The minimum absolute atomic E-state index is 0.0179. The van der Waals surface area contributed by atoms with E-state index in [1.165, 1.54) is 24.3 Å². The second-order valence-electron chi connectivity index (χ2n) is 6.17. The summed E-state index contributed by atoms with van der Waals surface area (Å²) in [5.41, 5.74) is 2.40. The molecule has 4 rings (SSSR count). The van der Waals surface area contributed by atoms with Crippen LogP contribution in [0.15, 0.2) is 60.8 Å². The Kier molecular flexibility index (Phi) is 4.49. The molecule has 1 N–H and O–H groups in total. The Balaban J connectivity index is 1.68. The van der Waals surface area contributed by atoms with Crippen LogP contribution in [0.3, 0.4) is 0 Å². The Morgan fingerprint density at radius 3 is 2.63 bits per heavy atom. The number of amides is 1. The molecule has 1 atom stereocenters. The molecule has 1 amide bonds. The highest BCUT2D eigenvalue weighted by Crippen LogP contribution is 2.34. The van der Waals surface area contributed by atoms with Crippen molar-refractivity contribution in [1.29, 1.82) is 0 Å². The quantitative estimate of drug-likeness (QED) is 0.703. The van der Waals surface area contributed by atoms with Crippen LogP contribution in [0.4, 0.5) is 14.5 Å². The molecule has 0 spiro atoms. The summed E-state index contributed by atoms with van der Waals surface area (Å²) in [5.74, 6) is -1.05. The van der Waals surface area contributed by atoms with Crippen LogP contribution in [0.1, 0.15) is 27.8 Å². The minimum atomic E-state index is -0.555. The predicted molar refractivity (Wildman–Crippen MR) is 98.3 cm³/mol. The molecular formula is C20H14ClF2N3O. The molecule has 27 heavy (non-hydrogen) atoms. The largest absolute Gasteiger partial charge is 0.360 e. The molecule has 3 aromatic rings. The van der Waals surface area contributed by atoms with Crippen LogP contribution in [-0.2, 0) is 6.54 Å². The Hall–Kier alpha value is -2.99. The summed E-state index contributed by atoms with van der Waals surface area (Å²) in [6.45, 7) is 0.266. The summed E-state index contributed by atoms with van der Waals surface area (Å²) < 4.78 is 26.6. The van der Waals surface area contributed by atoms with E-state index in [0.717, 1.165) is 5.56 Å². The van der Waals surface area contributed by atoms with Gasteiger partial charge in [0.05, 0.1) is 16.3 Å². The van der Waals surface area contributed by atoms with Gasteiger partial charge in [-0.2, -0.15) is 0 Å². The molecule has 4 nitrogen and oxygen atoms in total. The van der Waals surface area contributed by atoms with Gasteiger partial charge in [0.1, 0.15) is 17.8 Å². The summed E-state index contributed by atoms with van der Waals surface area (Å²) in [6, 6.07) is 13.6. The third-order valence-corrected chi connectivity index (χ3v) is 4.68. The smallest absolute Gasteiger partial charge is 0.258 e. The number of fused-ring (bicyclic) bond motifs is 1. The normalized spacial score (nSPS) is 15.7. The van der Waals surface area contributed by atoms with Crippen molar-refractivity contribution >= 4 is 23.2 Å². The number of anilines is 1. The number of halogens is 3. The van der Waals surface area contributed by atoms with Crippen molar-refractivity contribution in [3.8, 4) is 0 Å². The maximum absolute atomic E-state index is 13.4. The molecule has 0 aliphatic carbocycles. The van der Waals surface area contributed by atoms with Crippen LogP contribution in [0.25, 0.3) is 0 Å². The number of nitrogens with zero attached hydrogens (tertiary/aromatic N) is 2. The first-order valence-electron chi connectivity index (χ1n) is 8.25. The van der Waals surface area contributed by atoms with E-state index >= 15 is 0 Å². The zero-order valence-electron chi connectivity index (χ0n) is 14.0. The highest BCUT2D eigenvalue weighted by molar-refractivity contribution is 6.31. The van der Waals surface area contributed by atoms with Crippen molar-refractivity contribution in [1.82, 2.24) is 9.88 Å². The molecule has 1 aromatic heterocycles. The number of rotatable bonds is 4. The lowest BCUT2D eigenvalue weighted by atomic mass is 10.2. The lowest BCUT2D eigenvalue weighted by Crippen LogP contribution is -2.32. The van der Waals surface area contributed by atoms with Crippen LogP contribution in [0.5, 0.6) is 0 Å². The number of nitrogens with one attached hydrogen (secondary N) is 1. The molecule has 0 saturated carbocycles. The fraction of sp³-hybridized carbons (Fsp3) is 0.100. The van der Waals surface area contributed by atoms with E-state index in [4.69, 9.17) is 11.6 Å². The number of hydrogen-bond acceptors (Lipinski definition) is 3. The van der Waals surface area contributed by atoms with Crippen molar-refractivity contribution in [2.24, 2.45) is 0 Å². The standard InChI is InChI=1S/C20H14ClF2N3O/c21-16-10-14(7-8-17(16)23)25-19-18-15(2-1-9-24-18)20(27)26(19)11-12-3-5-13(22)6-4-12/h1-10,19,25H,11H2/t19-/m1/s1. The van der Waals surface area contributed by atoms with Crippen molar-refractivity contribution < 1.29 is 13.6 Å². The topological polar surface area (TPSA) is 45.2 Å². The highest BCUT2D eigenvalue weighted by Gasteiger charge is 2.37. The van der Waals surface area contributed by atoms with Crippen molar-refractivity contribution in [2.75, 3.05) is 5.32 Å². The van der Waals surface area contributed by atoms with Gasteiger partial charge in [-0.3, -0.25) is 9.78 Å². The van der Waals surface area contributed by atoms with Gasteiger partial charge in [0.15, 0.2) is 0 Å². The van der Waals surface area contributed by atoms with Crippen molar-refractivity contribution in [3.63, 3.8) is 0 Å². The maximum Gasteiger partial charge on any atom is 0.258 e. The molecule has 136 valence electrons. The third-order valence-electron chi connectivity index (χ3n) is 4.39. The second kappa shape index (κ2) is 6.96. The molecule has 1 aliphatic heterocycles. The molecular weight excluding hydrogens is 372 g/mol. The van der Waals surface area contributed by atoms with Gasteiger partial charge in [0.2, 0.25) is 0 Å². The van der Waals surface area contributed by atoms with E-state index in [1.807, 2.05) is 0 Å². The van der Waals surface area contributed by atoms with Crippen LogP contribution in [0, 0.1) is 11.6 Å². The Bertz CT molecular complexity index is 1010. The molecule has 0 unspecified atom stereocenters. The zero-order chi connectivity index (χ0) is 19.0. The SMILES string of the molecule is O=C1c2cccnc2[C@H](Nc2ccc(F)c(Cl)c2)N1Cc1ccc(F)cc1. The summed E-state index contributed by atoms with van der Waals surface area (Å²) in [6.07, 6.45) is 1.06. The third kappa shape index (κ3) is 3.36. The van der Waals surface area contributed by atoms with Gasteiger partial charge in [-0.05, 0) is 48.0 Å². The van der Waals surface area contributed by atoms with Crippen LogP contribution in [-0.4, -0.2) is 15.8 Å². The summed E-state index contributed by atoms with van der Waals surface area (Å²) in [5, 5.41) is 3.18. The Morgan fingerprint density at radius 1 is 1.11 bits per heavy atom. The minimum Gasteiger partial charge on any atom is -0.360 e. The second-order valence-corrected chi connectivity index (χ2v) is 6.58. The van der Waals surface area contributed by atoms with E-state index in [-0.39, 0.29) is 23.3 Å².